The highest BCUT2D eigenvalue weighted by molar-refractivity contribution is 7.21. The third kappa shape index (κ3) is 1.46. The Bertz CT molecular complexity index is 450. The number of hydrogen-bond acceptors (Lipinski definition) is 5. The molecule has 0 aliphatic heterocycles. The first-order chi connectivity index (χ1) is 6.31. The van der Waals surface area contributed by atoms with Gasteiger partial charge in [-0.2, -0.15) is 5.26 Å². The summed E-state index contributed by atoms with van der Waals surface area (Å²) >= 11 is 2.98. The van der Waals surface area contributed by atoms with Gasteiger partial charge in [0.05, 0.1) is 21.0 Å². The van der Waals surface area contributed by atoms with Crippen LogP contribution >= 0.6 is 22.7 Å². The number of aromatic nitrogens is 2. The molecule has 0 radical (unpaired) electrons. The van der Waals surface area contributed by atoms with Crippen molar-refractivity contribution in [2.45, 2.75) is 6.92 Å². The lowest BCUT2D eigenvalue weighted by molar-refractivity contribution is 1.24. The second-order valence-electron chi connectivity index (χ2n) is 2.41. The van der Waals surface area contributed by atoms with Gasteiger partial charge in [0, 0.05) is 6.20 Å². The lowest BCUT2D eigenvalue weighted by Gasteiger charge is -1.88. The molecule has 0 fully saturated rings. The SMILES string of the molecule is Cc1nc(C#N)sc1-c1cncs1. The van der Waals surface area contributed by atoms with E-state index in [1.807, 2.05) is 13.0 Å². The van der Waals surface area contributed by atoms with Crippen molar-refractivity contribution in [3.05, 3.63) is 22.4 Å². The summed E-state index contributed by atoms with van der Waals surface area (Å²) in [4.78, 5) is 10.2. The Morgan fingerprint density at radius 3 is 2.92 bits per heavy atom. The van der Waals surface area contributed by atoms with Crippen molar-refractivity contribution in [1.82, 2.24) is 9.97 Å². The van der Waals surface area contributed by atoms with Crippen LogP contribution in [0.1, 0.15) is 10.7 Å². The minimum atomic E-state index is 0.515. The van der Waals surface area contributed by atoms with Crippen molar-refractivity contribution in [3.8, 4) is 15.8 Å². The van der Waals surface area contributed by atoms with Gasteiger partial charge in [-0.05, 0) is 6.92 Å². The maximum Gasteiger partial charge on any atom is 0.195 e. The van der Waals surface area contributed by atoms with Gasteiger partial charge in [0.2, 0.25) is 0 Å². The first-order valence-corrected chi connectivity index (χ1v) is 5.27. The third-order valence-electron chi connectivity index (χ3n) is 1.55. The quantitative estimate of drug-likeness (QED) is 0.721. The van der Waals surface area contributed by atoms with Gasteiger partial charge in [0.25, 0.3) is 0 Å². The number of hydrogen-bond donors (Lipinski definition) is 0. The summed E-state index contributed by atoms with van der Waals surface area (Å²) in [5.41, 5.74) is 2.69. The normalized spacial score (nSPS) is 9.85. The number of rotatable bonds is 1. The van der Waals surface area contributed by atoms with Crippen molar-refractivity contribution in [2.24, 2.45) is 0 Å². The lowest BCUT2D eigenvalue weighted by Crippen LogP contribution is -1.73. The van der Waals surface area contributed by atoms with Crippen molar-refractivity contribution >= 4 is 22.7 Å². The van der Waals surface area contributed by atoms with Crippen LogP contribution in [-0.2, 0) is 0 Å². The molecule has 0 saturated carbocycles. The number of thiazole rings is 2. The average Bonchev–Trinajstić information content (AvgIpc) is 2.72. The Morgan fingerprint density at radius 1 is 1.54 bits per heavy atom. The van der Waals surface area contributed by atoms with Gasteiger partial charge in [0.1, 0.15) is 6.07 Å². The topological polar surface area (TPSA) is 49.6 Å². The fraction of sp³-hybridized carbons (Fsp3) is 0.125. The number of aryl methyl sites for hydroxylation is 1. The second kappa shape index (κ2) is 3.24. The summed E-state index contributed by atoms with van der Waals surface area (Å²) < 4.78 is 0. The van der Waals surface area contributed by atoms with Gasteiger partial charge in [-0.25, -0.2) is 4.98 Å². The summed E-state index contributed by atoms with van der Waals surface area (Å²) in [7, 11) is 0. The van der Waals surface area contributed by atoms with Crippen molar-refractivity contribution in [1.29, 1.82) is 5.26 Å². The van der Waals surface area contributed by atoms with Crippen molar-refractivity contribution in [3.63, 3.8) is 0 Å². The van der Waals surface area contributed by atoms with Gasteiger partial charge in [-0.3, -0.25) is 4.98 Å². The molecule has 2 heterocycles. The Labute approximate surface area is 83.3 Å². The van der Waals surface area contributed by atoms with Gasteiger partial charge in [-0.1, -0.05) is 0 Å². The summed E-state index contributed by atoms with van der Waals surface area (Å²) in [5, 5.41) is 9.17. The monoisotopic (exact) mass is 207 g/mol. The predicted octanol–water partition coefficient (Wildman–Crippen LogP) is 2.45. The summed E-state index contributed by atoms with van der Waals surface area (Å²) in [6.45, 7) is 1.91. The molecule has 0 unspecified atom stereocenters. The zero-order valence-electron chi connectivity index (χ0n) is 6.81. The van der Waals surface area contributed by atoms with Crippen LogP contribution in [0, 0.1) is 18.3 Å². The Morgan fingerprint density at radius 2 is 2.38 bits per heavy atom. The van der Waals surface area contributed by atoms with Gasteiger partial charge in [0.15, 0.2) is 5.01 Å². The third-order valence-corrected chi connectivity index (χ3v) is 3.56. The van der Waals surface area contributed by atoms with Crippen LogP contribution in [0.15, 0.2) is 11.7 Å². The highest BCUT2D eigenvalue weighted by Gasteiger charge is 2.09. The zero-order chi connectivity index (χ0) is 9.26. The maximum absolute atomic E-state index is 8.66. The minimum absolute atomic E-state index is 0.515. The molecule has 2 aromatic heterocycles. The van der Waals surface area contributed by atoms with E-state index in [1.54, 1.807) is 23.0 Å². The van der Waals surface area contributed by atoms with Crippen LogP contribution in [0.25, 0.3) is 9.75 Å². The zero-order valence-corrected chi connectivity index (χ0v) is 8.45. The second-order valence-corrected chi connectivity index (χ2v) is 4.30. The Hall–Kier alpha value is -1.25. The molecule has 64 valence electrons. The molecule has 0 aliphatic carbocycles. The van der Waals surface area contributed by atoms with Crippen LogP contribution in [0.5, 0.6) is 0 Å². The minimum Gasteiger partial charge on any atom is -0.252 e. The van der Waals surface area contributed by atoms with E-state index in [0.717, 1.165) is 15.4 Å². The van der Waals surface area contributed by atoms with Crippen molar-refractivity contribution < 1.29 is 0 Å². The summed E-state index contributed by atoms with van der Waals surface area (Å²) in [6, 6.07) is 2.04. The number of nitriles is 1. The standard InChI is InChI=1S/C8H5N3S2/c1-5-8(6-3-10-4-12-6)13-7(2-9)11-5/h3-4H,1H3. The van der Waals surface area contributed by atoms with E-state index in [1.165, 1.54) is 11.3 Å². The van der Waals surface area contributed by atoms with Crippen LogP contribution in [0.4, 0.5) is 0 Å². The first kappa shape index (κ1) is 8.35. The molecule has 0 atom stereocenters. The van der Waals surface area contributed by atoms with Crippen LogP contribution < -0.4 is 0 Å². The molecular weight excluding hydrogens is 202 g/mol. The van der Waals surface area contributed by atoms with Gasteiger partial charge in [-0.15, -0.1) is 22.7 Å². The van der Waals surface area contributed by atoms with Crippen LogP contribution in [0.2, 0.25) is 0 Å². The fourth-order valence-corrected chi connectivity index (χ4v) is 2.65. The molecule has 0 amide bonds. The molecule has 0 spiro atoms. The van der Waals surface area contributed by atoms with E-state index in [-0.39, 0.29) is 0 Å². The van der Waals surface area contributed by atoms with Gasteiger partial charge < -0.3 is 0 Å². The molecular formula is C8H5N3S2. The molecule has 0 aliphatic rings. The molecule has 0 bridgehead atoms. The van der Waals surface area contributed by atoms with Crippen LogP contribution in [0.3, 0.4) is 0 Å². The molecule has 0 aromatic carbocycles. The highest BCUT2D eigenvalue weighted by atomic mass is 32.1. The predicted molar refractivity (Wildman–Crippen MR) is 52.7 cm³/mol. The highest BCUT2D eigenvalue weighted by Crippen LogP contribution is 2.31. The van der Waals surface area contributed by atoms with Gasteiger partial charge >= 0.3 is 0 Å². The first-order valence-electron chi connectivity index (χ1n) is 3.57. The van der Waals surface area contributed by atoms with E-state index < -0.39 is 0 Å². The number of nitrogens with zero attached hydrogens (tertiary/aromatic N) is 3. The molecule has 2 aromatic rings. The van der Waals surface area contributed by atoms with Crippen molar-refractivity contribution in [2.75, 3.05) is 0 Å². The molecule has 5 heteroatoms. The molecule has 3 nitrogen and oxygen atoms in total. The lowest BCUT2D eigenvalue weighted by atomic mass is 10.3. The Kier molecular flexibility index (Phi) is 2.08. The average molecular weight is 207 g/mol. The van der Waals surface area contributed by atoms with E-state index in [4.69, 9.17) is 5.26 Å². The molecule has 0 N–H and O–H groups in total. The molecule has 2 rings (SSSR count). The summed E-state index contributed by atoms with van der Waals surface area (Å²) in [5.74, 6) is 0. The van der Waals surface area contributed by atoms with Crippen LogP contribution in [-0.4, -0.2) is 9.97 Å². The Balaban J connectivity index is 2.54. The maximum atomic E-state index is 8.66. The largest absolute Gasteiger partial charge is 0.252 e. The smallest absolute Gasteiger partial charge is 0.195 e. The fourth-order valence-electron chi connectivity index (χ4n) is 1.00. The summed E-state index contributed by atoms with van der Waals surface area (Å²) in [6.07, 6.45) is 1.80. The molecule has 13 heavy (non-hydrogen) atoms. The van der Waals surface area contributed by atoms with E-state index >= 15 is 0 Å². The molecule has 0 saturated heterocycles. The van der Waals surface area contributed by atoms with E-state index in [2.05, 4.69) is 9.97 Å². The van der Waals surface area contributed by atoms with E-state index in [0.29, 0.717) is 5.01 Å². The van der Waals surface area contributed by atoms with E-state index in [9.17, 15) is 0 Å².